The predicted molar refractivity (Wildman–Crippen MR) is 96.5 cm³/mol. The van der Waals surface area contributed by atoms with Gasteiger partial charge < -0.3 is 9.47 Å². The van der Waals surface area contributed by atoms with Crippen LogP contribution in [-0.2, 0) is 9.84 Å². The van der Waals surface area contributed by atoms with Gasteiger partial charge in [0.1, 0.15) is 15.4 Å². The van der Waals surface area contributed by atoms with E-state index in [1.807, 2.05) is 0 Å². The highest BCUT2D eigenvalue weighted by Crippen LogP contribution is 2.42. The summed E-state index contributed by atoms with van der Waals surface area (Å²) in [6.07, 6.45) is 0.982. The number of hydrogen-bond donors (Lipinski definition) is 0. The number of benzene rings is 1. The Morgan fingerprint density at radius 2 is 1.96 bits per heavy atom. The Morgan fingerprint density at radius 1 is 1.25 bits per heavy atom. The molecule has 4 rings (SSSR count). The van der Waals surface area contributed by atoms with Gasteiger partial charge >= 0.3 is 5.00 Å². The van der Waals surface area contributed by atoms with Crippen LogP contribution in [0.15, 0.2) is 23.6 Å². The number of hydrogen-bond acceptors (Lipinski definition) is 9. The highest BCUT2D eigenvalue weighted by molar-refractivity contribution is 7.90. The van der Waals surface area contributed by atoms with Gasteiger partial charge in [-0.25, -0.2) is 8.42 Å². The van der Waals surface area contributed by atoms with Crippen molar-refractivity contribution in [1.29, 1.82) is 0 Å². The summed E-state index contributed by atoms with van der Waals surface area (Å²) in [5.41, 5.74) is -0.0620. The molecule has 28 heavy (non-hydrogen) atoms. The number of imide groups is 1. The van der Waals surface area contributed by atoms with Gasteiger partial charge in [0.25, 0.3) is 11.8 Å². The van der Waals surface area contributed by atoms with Gasteiger partial charge in [0.15, 0.2) is 11.5 Å². The molecule has 146 valence electrons. The fourth-order valence-corrected chi connectivity index (χ4v) is 4.96. The molecule has 0 saturated carbocycles. The van der Waals surface area contributed by atoms with Gasteiger partial charge in [0.2, 0.25) is 6.79 Å². The molecule has 1 unspecified atom stereocenters. The molecule has 0 radical (unpaired) electrons. The van der Waals surface area contributed by atoms with Crippen LogP contribution in [0.5, 0.6) is 11.5 Å². The molecule has 2 amide bonds. The zero-order valence-corrected chi connectivity index (χ0v) is 15.9. The molecular formula is C16H12N2O8S2. The molecule has 0 N–H and O–H groups in total. The Hall–Kier alpha value is -2.99. The molecule has 1 aromatic heterocycles. The molecule has 2 aliphatic heterocycles. The van der Waals surface area contributed by atoms with Gasteiger partial charge in [-0.15, -0.1) is 0 Å². The second kappa shape index (κ2) is 6.27. The topological polar surface area (TPSA) is 133 Å². The third kappa shape index (κ3) is 2.90. The van der Waals surface area contributed by atoms with Crippen molar-refractivity contribution >= 4 is 38.0 Å². The monoisotopic (exact) mass is 424 g/mol. The van der Waals surface area contributed by atoms with Gasteiger partial charge in [-0.2, -0.15) is 0 Å². The number of sulfone groups is 1. The van der Waals surface area contributed by atoms with E-state index in [1.165, 1.54) is 17.5 Å². The maximum atomic E-state index is 12.9. The highest BCUT2D eigenvalue weighted by Gasteiger charge is 2.47. The Bertz CT molecular complexity index is 1140. The standard InChI is InChI=1S/C16H12N2O8S2/c1-28(23,24)6-10(8-2-3-11-12(4-8)26-7-25-11)17-14(19)9-5-27-16(18(21)22)13(9)15(17)20/h2-5,10H,6-7H2,1H3. The SMILES string of the molecule is CS(=O)(=O)CC(c1ccc2c(c1)OCO2)N1C(=O)c2csc([N+](=O)[O-])c2C1=O. The van der Waals surface area contributed by atoms with Crippen molar-refractivity contribution < 1.29 is 32.4 Å². The van der Waals surface area contributed by atoms with Gasteiger partial charge in [-0.3, -0.25) is 24.6 Å². The summed E-state index contributed by atoms with van der Waals surface area (Å²) in [6, 6.07) is 3.42. The van der Waals surface area contributed by atoms with Gasteiger partial charge in [-0.05, 0) is 17.7 Å². The van der Waals surface area contributed by atoms with Crippen LogP contribution in [0.25, 0.3) is 0 Å². The number of fused-ring (bicyclic) bond motifs is 2. The Kier molecular flexibility index (Phi) is 4.12. The number of rotatable bonds is 5. The van der Waals surface area contributed by atoms with Gasteiger partial charge in [-0.1, -0.05) is 17.4 Å². The van der Waals surface area contributed by atoms with E-state index in [1.54, 1.807) is 6.07 Å². The number of nitrogens with zero attached hydrogens (tertiary/aromatic N) is 2. The average molecular weight is 424 g/mol. The van der Waals surface area contributed by atoms with Crippen LogP contribution in [-0.4, -0.2) is 48.9 Å². The Labute approximate surface area is 162 Å². The van der Waals surface area contributed by atoms with E-state index in [9.17, 15) is 28.1 Å². The molecule has 2 aromatic rings. The van der Waals surface area contributed by atoms with Gasteiger partial charge in [0, 0.05) is 11.6 Å². The van der Waals surface area contributed by atoms with Crippen LogP contribution in [0.2, 0.25) is 0 Å². The van der Waals surface area contributed by atoms with Crippen LogP contribution in [0.3, 0.4) is 0 Å². The zero-order chi connectivity index (χ0) is 20.2. The highest BCUT2D eigenvalue weighted by atomic mass is 32.2. The van der Waals surface area contributed by atoms with Crippen molar-refractivity contribution in [2.24, 2.45) is 0 Å². The number of nitro groups is 1. The van der Waals surface area contributed by atoms with E-state index in [2.05, 4.69) is 0 Å². The summed E-state index contributed by atoms with van der Waals surface area (Å²) in [6.45, 7) is 0.000292. The van der Waals surface area contributed by atoms with Gasteiger partial charge in [0.05, 0.1) is 22.3 Å². The largest absolute Gasteiger partial charge is 0.454 e. The van der Waals surface area contributed by atoms with Crippen molar-refractivity contribution in [2.75, 3.05) is 18.8 Å². The second-order valence-corrected chi connectivity index (χ2v) is 9.33. The third-order valence-electron chi connectivity index (χ3n) is 4.37. The molecule has 0 aliphatic carbocycles. The minimum Gasteiger partial charge on any atom is -0.454 e. The lowest BCUT2D eigenvalue weighted by Crippen LogP contribution is -2.37. The van der Waals surface area contributed by atoms with Crippen LogP contribution in [0.1, 0.15) is 32.3 Å². The number of carbonyl (C=O) groups excluding carboxylic acids is 2. The van der Waals surface area contributed by atoms with Crippen LogP contribution >= 0.6 is 11.3 Å². The number of carbonyl (C=O) groups is 2. The summed E-state index contributed by atoms with van der Waals surface area (Å²) in [5.74, 6) is -1.38. The molecule has 1 atom stereocenters. The third-order valence-corrected chi connectivity index (χ3v) is 6.22. The number of thiophene rings is 1. The lowest BCUT2D eigenvalue weighted by molar-refractivity contribution is -0.380. The van der Waals surface area contributed by atoms with E-state index < -0.39 is 43.4 Å². The van der Waals surface area contributed by atoms with Crippen molar-refractivity contribution in [3.63, 3.8) is 0 Å². The number of amides is 2. The minimum atomic E-state index is -3.62. The molecule has 1 aromatic carbocycles. The van der Waals surface area contributed by atoms with E-state index in [0.29, 0.717) is 28.4 Å². The first kappa shape index (κ1) is 18.4. The normalized spacial score (nSPS) is 16.4. The summed E-state index contributed by atoms with van der Waals surface area (Å²) in [4.78, 5) is 36.9. The van der Waals surface area contributed by atoms with E-state index >= 15 is 0 Å². The van der Waals surface area contributed by atoms with Crippen LogP contribution < -0.4 is 9.47 Å². The fourth-order valence-electron chi connectivity index (χ4n) is 3.20. The molecule has 3 heterocycles. The molecule has 12 heteroatoms. The quantitative estimate of drug-likeness (QED) is 0.403. The first-order valence-corrected chi connectivity index (χ1v) is 10.8. The Balaban J connectivity index is 1.81. The van der Waals surface area contributed by atoms with E-state index in [4.69, 9.17) is 9.47 Å². The summed E-state index contributed by atoms with van der Waals surface area (Å²) < 4.78 is 34.5. The minimum absolute atomic E-state index is 0.000292. The van der Waals surface area contributed by atoms with Crippen molar-refractivity contribution in [1.82, 2.24) is 4.90 Å². The molecule has 0 bridgehead atoms. The van der Waals surface area contributed by atoms with Crippen molar-refractivity contribution in [3.05, 3.63) is 50.4 Å². The first-order valence-electron chi connectivity index (χ1n) is 7.88. The van der Waals surface area contributed by atoms with Crippen LogP contribution in [0.4, 0.5) is 5.00 Å². The lowest BCUT2D eigenvalue weighted by atomic mass is 10.1. The van der Waals surface area contributed by atoms with E-state index in [-0.39, 0.29) is 17.9 Å². The molecule has 0 saturated heterocycles. The number of ether oxygens (including phenoxy) is 2. The lowest BCUT2D eigenvalue weighted by Gasteiger charge is -2.26. The fraction of sp³-hybridized carbons (Fsp3) is 0.250. The molecule has 2 aliphatic rings. The summed E-state index contributed by atoms with van der Waals surface area (Å²) >= 11 is 0.684. The molecule has 10 nitrogen and oxygen atoms in total. The first-order chi connectivity index (χ1) is 13.2. The van der Waals surface area contributed by atoms with Crippen molar-refractivity contribution in [2.45, 2.75) is 6.04 Å². The maximum absolute atomic E-state index is 12.9. The van der Waals surface area contributed by atoms with Crippen molar-refractivity contribution in [3.8, 4) is 11.5 Å². The molecular weight excluding hydrogens is 412 g/mol. The second-order valence-electron chi connectivity index (χ2n) is 6.29. The molecule has 0 fully saturated rings. The van der Waals surface area contributed by atoms with E-state index in [0.717, 1.165) is 11.2 Å². The smallest absolute Gasteiger partial charge is 0.337 e. The van der Waals surface area contributed by atoms with Crippen LogP contribution in [0, 0.1) is 10.1 Å². The summed E-state index contributed by atoms with van der Waals surface area (Å²) in [7, 11) is -3.62. The molecule has 0 spiro atoms. The summed E-state index contributed by atoms with van der Waals surface area (Å²) in [5, 5.41) is 12.0. The average Bonchev–Trinajstić information content (AvgIpc) is 3.29. The maximum Gasteiger partial charge on any atom is 0.337 e. The predicted octanol–water partition coefficient (Wildman–Crippen LogP) is 1.77. The Morgan fingerprint density at radius 3 is 2.64 bits per heavy atom. The zero-order valence-electron chi connectivity index (χ0n) is 14.3.